The average molecular weight is 277 g/mol. The van der Waals surface area contributed by atoms with Crippen LogP contribution in [0.4, 0.5) is 4.39 Å². The first-order valence-electron chi connectivity index (χ1n) is 7.97. The lowest BCUT2D eigenvalue weighted by Gasteiger charge is -2.35. The minimum atomic E-state index is -0.204. The molecule has 2 aliphatic rings. The van der Waals surface area contributed by atoms with E-state index in [9.17, 15) is 4.39 Å². The number of nitrogens with one attached hydrogen (secondary N) is 1. The summed E-state index contributed by atoms with van der Waals surface area (Å²) < 4.78 is 19.6. The van der Waals surface area contributed by atoms with Gasteiger partial charge in [0.1, 0.15) is 17.7 Å². The van der Waals surface area contributed by atoms with E-state index >= 15 is 0 Å². The standard InChI is InChI=1S/C17H24FNO/c1-2-9-19-15-11-16(12-5-3-4-6-12)20-17-10-13(18)7-8-14(15)17/h7-8,10,12,15-16,19H,2-6,9,11H2,1H3. The van der Waals surface area contributed by atoms with Crippen LogP contribution < -0.4 is 10.1 Å². The zero-order valence-corrected chi connectivity index (χ0v) is 12.2. The van der Waals surface area contributed by atoms with Gasteiger partial charge in [0.2, 0.25) is 0 Å². The number of hydrogen-bond donors (Lipinski definition) is 1. The highest BCUT2D eigenvalue weighted by Crippen LogP contribution is 2.41. The Kier molecular flexibility index (Phi) is 4.25. The van der Waals surface area contributed by atoms with Crippen molar-refractivity contribution >= 4 is 0 Å². The molecule has 0 aromatic heterocycles. The van der Waals surface area contributed by atoms with Crippen LogP contribution in [0, 0.1) is 11.7 Å². The van der Waals surface area contributed by atoms with E-state index in [2.05, 4.69) is 12.2 Å². The molecular weight excluding hydrogens is 253 g/mol. The second-order valence-electron chi connectivity index (χ2n) is 6.13. The topological polar surface area (TPSA) is 21.3 Å². The average Bonchev–Trinajstić information content (AvgIpc) is 2.98. The predicted molar refractivity (Wildman–Crippen MR) is 78.4 cm³/mol. The van der Waals surface area contributed by atoms with Crippen molar-refractivity contribution in [2.75, 3.05) is 6.54 Å². The Morgan fingerprint density at radius 3 is 2.85 bits per heavy atom. The van der Waals surface area contributed by atoms with Gasteiger partial charge in [-0.05, 0) is 37.8 Å². The van der Waals surface area contributed by atoms with E-state index in [1.165, 1.54) is 25.7 Å². The third kappa shape index (κ3) is 2.83. The fraction of sp³-hybridized carbons (Fsp3) is 0.647. The van der Waals surface area contributed by atoms with Crippen molar-refractivity contribution < 1.29 is 9.13 Å². The summed E-state index contributed by atoms with van der Waals surface area (Å²) in [5.41, 5.74) is 1.12. The third-order valence-electron chi connectivity index (χ3n) is 4.66. The largest absolute Gasteiger partial charge is 0.490 e. The molecule has 110 valence electrons. The third-order valence-corrected chi connectivity index (χ3v) is 4.66. The second-order valence-corrected chi connectivity index (χ2v) is 6.13. The number of rotatable bonds is 4. The van der Waals surface area contributed by atoms with Crippen molar-refractivity contribution in [1.29, 1.82) is 0 Å². The van der Waals surface area contributed by atoms with Crippen molar-refractivity contribution in [3.05, 3.63) is 29.6 Å². The summed E-state index contributed by atoms with van der Waals surface area (Å²) in [5, 5.41) is 3.60. The quantitative estimate of drug-likeness (QED) is 0.890. The molecule has 1 aliphatic carbocycles. The van der Waals surface area contributed by atoms with Gasteiger partial charge in [-0.15, -0.1) is 0 Å². The lowest BCUT2D eigenvalue weighted by molar-refractivity contribution is 0.0943. The van der Waals surface area contributed by atoms with Crippen molar-refractivity contribution in [2.45, 2.75) is 57.6 Å². The molecule has 2 unspecified atom stereocenters. The van der Waals surface area contributed by atoms with Crippen LogP contribution in [0.5, 0.6) is 5.75 Å². The Morgan fingerprint density at radius 1 is 1.30 bits per heavy atom. The van der Waals surface area contributed by atoms with Crippen molar-refractivity contribution in [3.8, 4) is 5.75 Å². The Bertz CT molecular complexity index is 456. The molecule has 1 fully saturated rings. The molecule has 3 rings (SSSR count). The summed E-state index contributed by atoms with van der Waals surface area (Å²) in [7, 11) is 0. The van der Waals surface area contributed by atoms with E-state index in [0.29, 0.717) is 12.0 Å². The maximum absolute atomic E-state index is 13.5. The summed E-state index contributed by atoms with van der Waals surface area (Å²) in [5.74, 6) is 1.20. The fourth-order valence-electron chi connectivity index (χ4n) is 3.60. The Labute approximate surface area is 120 Å². The van der Waals surface area contributed by atoms with Crippen LogP contribution in [0.1, 0.15) is 57.1 Å². The Morgan fingerprint density at radius 2 is 2.10 bits per heavy atom. The smallest absolute Gasteiger partial charge is 0.127 e. The number of halogens is 1. The van der Waals surface area contributed by atoms with E-state index < -0.39 is 0 Å². The molecular formula is C17H24FNO. The van der Waals surface area contributed by atoms with Crippen molar-refractivity contribution in [2.24, 2.45) is 5.92 Å². The van der Waals surface area contributed by atoms with Gasteiger partial charge in [0.05, 0.1) is 0 Å². The molecule has 0 amide bonds. The van der Waals surface area contributed by atoms with Gasteiger partial charge in [-0.25, -0.2) is 4.39 Å². The number of hydrogen-bond acceptors (Lipinski definition) is 2. The van der Waals surface area contributed by atoms with Gasteiger partial charge >= 0.3 is 0 Å². The molecule has 1 aliphatic heterocycles. The molecule has 1 saturated carbocycles. The molecule has 0 bridgehead atoms. The highest BCUT2D eigenvalue weighted by Gasteiger charge is 2.34. The van der Waals surface area contributed by atoms with E-state index in [1.54, 1.807) is 12.1 Å². The maximum atomic E-state index is 13.5. The summed E-state index contributed by atoms with van der Waals surface area (Å²) in [6, 6.07) is 5.28. The number of ether oxygens (including phenoxy) is 1. The molecule has 1 N–H and O–H groups in total. The molecule has 0 saturated heterocycles. The minimum Gasteiger partial charge on any atom is -0.490 e. The molecule has 0 radical (unpaired) electrons. The van der Waals surface area contributed by atoms with Crippen molar-refractivity contribution in [1.82, 2.24) is 5.32 Å². The van der Waals surface area contributed by atoms with E-state index in [-0.39, 0.29) is 11.9 Å². The predicted octanol–water partition coefficient (Wildman–Crippen LogP) is 4.21. The van der Waals surface area contributed by atoms with Crippen LogP contribution >= 0.6 is 0 Å². The molecule has 3 heteroatoms. The first kappa shape index (κ1) is 13.9. The van der Waals surface area contributed by atoms with Crippen LogP contribution in [0.3, 0.4) is 0 Å². The summed E-state index contributed by atoms with van der Waals surface area (Å²) in [6.45, 7) is 3.17. The second kappa shape index (κ2) is 6.13. The lowest BCUT2D eigenvalue weighted by Crippen LogP contribution is -2.37. The van der Waals surface area contributed by atoms with Gasteiger partial charge in [0.25, 0.3) is 0 Å². The van der Waals surface area contributed by atoms with E-state index in [1.807, 2.05) is 6.07 Å². The minimum absolute atomic E-state index is 0.204. The van der Waals surface area contributed by atoms with E-state index in [4.69, 9.17) is 4.74 Å². The van der Waals surface area contributed by atoms with Crippen LogP contribution in [0.25, 0.3) is 0 Å². The monoisotopic (exact) mass is 277 g/mol. The lowest BCUT2D eigenvalue weighted by atomic mass is 9.89. The summed E-state index contributed by atoms with van der Waals surface area (Å²) in [6.07, 6.45) is 7.53. The first-order chi connectivity index (χ1) is 9.78. The highest BCUT2D eigenvalue weighted by atomic mass is 19.1. The Hall–Kier alpha value is -1.09. The zero-order valence-electron chi connectivity index (χ0n) is 12.2. The highest BCUT2D eigenvalue weighted by molar-refractivity contribution is 5.38. The molecule has 1 aromatic carbocycles. The molecule has 0 spiro atoms. The summed E-state index contributed by atoms with van der Waals surface area (Å²) >= 11 is 0. The van der Waals surface area contributed by atoms with Crippen LogP contribution in [-0.4, -0.2) is 12.6 Å². The first-order valence-corrected chi connectivity index (χ1v) is 7.97. The zero-order chi connectivity index (χ0) is 13.9. The molecule has 20 heavy (non-hydrogen) atoms. The summed E-state index contributed by atoms with van der Waals surface area (Å²) in [4.78, 5) is 0. The van der Waals surface area contributed by atoms with Gasteiger partial charge < -0.3 is 10.1 Å². The van der Waals surface area contributed by atoms with Crippen molar-refractivity contribution in [3.63, 3.8) is 0 Å². The van der Waals surface area contributed by atoms with Gasteiger partial charge in [-0.1, -0.05) is 25.8 Å². The van der Waals surface area contributed by atoms with Crippen LogP contribution in [0.2, 0.25) is 0 Å². The van der Waals surface area contributed by atoms with E-state index in [0.717, 1.165) is 30.7 Å². The van der Waals surface area contributed by atoms with Crippen LogP contribution in [-0.2, 0) is 0 Å². The number of fused-ring (bicyclic) bond motifs is 1. The van der Waals surface area contributed by atoms with Gasteiger partial charge in [0, 0.05) is 24.1 Å². The normalized spacial score (nSPS) is 26.3. The molecule has 1 aromatic rings. The van der Waals surface area contributed by atoms with Crippen LogP contribution in [0.15, 0.2) is 18.2 Å². The van der Waals surface area contributed by atoms with Gasteiger partial charge in [-0.3, -0.25) is 0 Å². The van der Waals surface area contributed by atoms with Gasteiger partial charge in [0.15, 0.2) is 0 Å². The molecule has 2 nitrogen and oxygen atoms in total. The SMILES string of the molecule is CCCNC1CC(C2CCCC2)Oc2cc(F)ccc21. The molecule has 2 atom stereocenters. The Balaban J connectivity index is 1.82. The van der Waals surface area contributed by atoms with Gasteiger partial charge in [-0.2, -0.15) is 0 Å². The molecule has 1 heterocycles. The maximum Gasteiger partial charge on any atom is 0.127 e. The fourth-order valence-corrected chi connectivity index (χ4v) is 3.60. The number of benzene rings is 1.